The lowest BCUT2D eigenvalue weighted by Gasteiger charge is -2.41. The summed E-state index contributed by atoms with van der Waals surface area (Å²) in [6.07, 6.45) is 2.89. The molecule has 0 bridgehead atoms. The smallest absolute Gasteiger partial charge is 0.0449 e. The average molecular weight is 290 g/mol. The molecule has 20 heavy (non-hydrogen) atoms. The van der Waals surface area contributed by atoms with E-state index in [1.165, 1.54) is 49.5 Å². The molecule has 2 aliphatic rings. The molecule has 3 heteroatoms. The zero-order chi connectivity index (χ0) is 13.8. The Labute approximate surface area is 127 Å². The standard InChI is InChI=1S/C17H26N2S/c1-2-20-11-10-19-13-16(14-6-4-3-5-7-14)18-12-17(19)15-8-9-15/h3-7,15-18H,2,8-13H2,1H3. The van der Waals surface area contributed by atoms with Gasteiger partial charge >= 0.3 is 0 Å². The van der Waals surface area contributed by atoms with E-state index in [9.17, 15) is 0 Å². The summed E-state index contributed by atoms with van der Waals surface area (Å²) in [6, 6.07) is 12.2. The Morgan fingerprint density at radius 1 is 1.25 bits per heavy atom. The van der Waals surface area contributed by atoms with Gasteiger partial charge in [-0.25, -0.2) is 0 Å². The molecule has 0 radical (unpaired) electrons. The Morgan fingerprint density at radius 2 is 2.05 bits per heavy atom. The van der Waals surface area contributed by atoms with Gasteiger partial charge in [0.25, 0.3) is 0 Å². The SMILES string of the molecule is CCSCCN1CC(c2ccccc2)NCC1C1CC1. The normalized spacial score (nSPS) is 27.6. The first-order valence-corrected chi connectivity index (χ1v) is 9.14. The number of nitrogens with one attached hydrogen (secondary N) is 1. The van der Waals surface area contributed by atoms with Crippen LogP contribution in [0.15, 0.2) is 30.3 Å². The lowest BCUT2D eigenvalue weighted by atomic mass is 10.00. The van der Waals surface area contributed by atoms with Crippen molar-refractivity contribution in [3.05, 3.63) is 35.9 Å². The summed E-state index contributed by atoms with van der Waals surface area (Å²) in [7, 11) is 0. The summed E-state index contributed by atoms with van der Waals surface area (Å²) in [4.78, 5) is 2.76. The molecule has 2 atom stereocenters. The Bertz CT molecular complexity index is 405. The second-order valence-corrected chi connectivity index (χ2v) is 7.36. The lowest BCUT2D eigenvalue weighted by molar-refractivity contribution is 0.123. The molecule has 0 spiro atoms. The van der Waals surface area contributed by atoms with Crippen LogP contribution >= 0.6 is 11.8 Å². The van der Waals surface area contributed by atoms with Gasteiger partial charge in [-0.15, -0.1) is 0 Å². The zero-order valence-corrected chi connectivity index (χ0v) is 13.2. The van der Waals surface area contributed by atoms with Crippen molar-refractivity contribution in [1.82, 2.24) is 10.2 Å². The fourth-order valence-corrected chi connectivity index (χ4v) is 3.92. The number of nitrogens with zero attached hydrogens (tertiary/aromatic N) is 1. The third-order valence-corrected chi connectivity index (χ3v) is 5.43. The highest BCUT2D eigenvalue weighted by molar-refractivity contribution is 7.99. The number of hydrogen-bond acceptors (Lipinski definition) is 3. The molecule has 1 aliphatic carbocycles. The molecule has 1 aromatic carbocycles. The van der Waals surface area contributed by atoms with Gasteiger partial charge < -0.3 is 5.32 Å². The molecule has 0 aromatic heterocycles. The summed E-state index contributed by atoms with van der Waals surface area (Å²) in [5, 5.41) is 3.78. The van der Waals surface area contributed by atoms with Gasteiger partial charge in [-0.1, -0.05) is 37.3 Å². The van der Waals surface area contributed by atoms with Crippen molar-refractivity contribution in [2.24, 2.45) is 5.92 Å². The van der Waals surface area contributed by atoms with Crippen molar-refractivity contribution in [2.75, 3.05) is 31.1 Å². The van der Waals surface area contributed by atoms with Crippen LogP contribution in [-0.4, -0.2) is 42.1 Å². The molecule has 3 rings (SSSR count). The van der Waals surface area contributed by atoms with Gasteiger partial charge in [0.2, 0.25) is 0 Å². The molecule has 1 N–H and O–H groups in total. The van der Waals surface area contributed by atoms with Crippen LogP contribution in [0.4, 0.5) is 0 Å². The molecule has 1 saturated carbocycles. The van der Waals surface area contributed by atoms with Gasteiger partial charge in [-0.05, 0) is 30.1 Å². The number of rotatable bonds is 6. The maximum absolute atomic E-state index is 3.78. The summed E-state index contributed by atoms with van der Waals surface area (Å²) in [6.45, 7) is 5.86. The third kappa shape index (κ3) is 3.57. The number of thioether (sulfide) groups is 1. The fourth-order valence-electron chi connectivity index (χ4n) is 3.26. The molecule has 2 fully saturated rings. The zero-order valence-electron chi connectivity index (χ0n) is 12.4. The minimum absolute atomic E-state index is 0.512. The van der Waals surface area contributed by atoms with Crippen molar-refractivity contribution in [1.29, 1.82) is 0 Å². The van der Waals surface area contributed by atoms with Crippen LogP contribution in [0.1, 0.15) is 31.4 Å². The second-order valence-electron chi connectivity index (χ2n) is 5.97. The molecule has 2 nitrogen and oxygen atoms in total. The number of hydrogen-bond donors (Lipinski definition) is 1. The van der Waals surface area contributed by atoms with E-state index in [2.05, 4.69) is 59.2 Å². The highest BCUT2D eigenvalue weighted by Crippen LogP contribution is 2.37. The first-order valence-electron chi connectivity index (χ1n) is 7.98. The van der Waals surface area contributed by atoms with E-state index in [-0.39, 0.29) is 0 Å². The average Bonchev–Trinajstić information content (AvgIpc) is 3.33. The Hall–Kier alpha value is -0.510. The van der Waals surface area contributed by atoms with Crippen LogP contribution in [0.2, 0.25) is 0 Å². The van der Waals surface area contributed by atoms with Crippen LogP contribution in [0.3, 0.4) is 0 Å². The van der Waals surface area contributed by atoms with Crippen LogP contribution in [-0.2, 0) is 0 Å². The topological polar surface area (TPSA) is 15.3 Å². The predicted octanol–water partition coefficient (Wildman–Crippen LogP) is 3.16. The van der Waals surface area contributed by atoms with E-state index >= 15 is 0 Å². The van der Waals surface area contributed by atoms with Crippen LogP contribution in [0.25, 0.3) is 0 Å². The Kier molecular flexibility index (Phi) is 5.03. The molecule has 2 unspecified atom stereocenters. The highest BCUT2D eigenvalue weighted by Gasteiger charge is 2.38. The molecule has 1 aromatic rings. The quantitative estimate of drug-likeness (QED) is 0.810. The largest absolute Gasteiger partial charge is 0.307 e. The van der Waals surface area contributed by atoms with Gasteiger partial charge in [-0.2, -0.15) is 11.8 Å². The van der Waals surface area contributed by atoms with E-state index in [1.54, 1.807) is 0 Å². The summed E-state index contributed by atoms with van der Waals surface area (Å²) in [5.41, 5.74) is 1.44. The second kappa shape index (κ2) is 6.97. The van der Waals surface area contributed by atoms with Crippen LogP contribution in [0, 0.1) is 5.92 Å². The lowest BCUT2D eigenvalue weighted by Crippen LogP contribution is -2.54. The van der Waals surface area contributed by atoms with Crippen molar-refractivity contribution >= 4 is 11.8 Å². The van der Waals surface area contributed by atoms with E-state index in [4.69, 9.17) is 0 Å². The first kappa shape index (κ1) is 14.4. The van der Waals surface area contributed by atoms with Crippen LogP contribution < -0.4 is 5.32 Å². The van der Waals surface area contributed by atoms with E-state index in [1.807, 2.05) is 0 Å². The molecular formula is C17H26N2S. The van der Waals surface area contributed by atoms with Crippen molar-refractivity contribution in [3.63, 3.8) is 0 Å². The van der Waals surface area contributed by atoms with Gasteiger partial charge in [0.1, 0.15) is 0 Å². The van der Waals surface area contributed by atoms with Gasteiger partial charge in [0, 0.05) is 37.5 Å². The monoisotopic (exact) mass is 290 g/mol. The third-order valence-electron chi connectivity index (χ3n) is 4.55. The molecule has 110 valence electrons. The maximum Gasteiger partial charge on any atom is 0.0449 e. The fraction of sp³-hybridized carbons (Fsp3) is 0.647. The molecule has 1 heterocycles. The molecule has 1 aliphatic heterocycles. The minimum Gasteiger partial charge on any atom is -0.307 e. The number of piperazine rings is 1. The minimum atomic E-state index is 0.512. The van der Waals surface area contributed by atoms with Gasteiger partial charge in [-0.3, -0.25) is 4.90 Å². The van der Waals surface area contributed by atoms with Crippen molar-refractivity contribution < 1.29 is 0 Å². The van der Waals surface area contributed by atoms with Gasteiger partial charge in [0.15, 0.2) is 0 Å². The van der Waals surface area contributed by atoms with E-state index in [0.29, 0.717) is 6.04 Å². The highest BCUT2D eigenvalue weighted by atomic mass is 32.2. The van der Waals surface area contributed by atoms with Crippen molar-refractivity contribution in [3.8, 4) is 0 Å². The summed E-state index contributed by atoms with van der Waals surface area (Å²) in [5.74, 6) is 3.48. The Balaban J connectivity index is 1.63. The summed E-state index contributed by atoms with van der Waals surface area (Å²) < 4.78 is 0. The molecular weight excluding hydrogens is 264 g/mol. The van der Waals surface area contributed by atoms with Gasteiger partial charge in [0.05, 0.1) is 0 Å². The number of benzene rings is 1. The predicted molar refractivity (Wildman–Crippen MR) is 88.3 cm³/mol. The van der Waals surface area contributed by atoms with E-state index < -0.39 is 0 Å². The maximum atomic E-state index is 3.78. The Morgan fingerprint density at radius 3 is 2.75 bits per heavy atom. The molecule has 0 amide bonds. The summed E-state index contributed by atoms with van der Waals surface area (Å²) >= 11 is 2.07. The first-order chi connectivity index (χ1) is 9.88. The molecule has 1 saturated heterocycles. The van der Waals surface area contributed by atoms with Crippen molar-refractivity contribution in [2.45, 2.75) is 31.8 Å². The van der Waals surface area contributed by atoms with E-state index in [0.717, 1.165) is 12.0 Å². The van der Waals surface area contributed by atoms with Crippen LogP contribution in [0.5, 0.6) is 0 Å².